The lowest BCUT2D eigenvalue weighted by Crippen LogP contribution is -2.44. The lowest BCUT2D eigenvalue weighted by atomic mass is 9.64. The van der Waals surface area contributed by atoms with E-state index in [0.29, 0.717) is 11.8 Å². The molecule has 0 saturated carbocycles. The summed E-state index contributed by atoms with van der Waals surface area (Å²) in [6.07, 6.45) is 11.3. The Labute approximate surface area is 137 Å². The fourth-order valence-electron chi connectivity index (χ4n) is 3.06. The SMILES string of the molecule is CC(C)CC(C)(C(=O)OC(C)C1C=CC=CCC1)C(C)(C)C. The average Bonchev–Trinajstić information content (AvgIpc) is 2.65. The molecule has 0 N–H and O–H groups in total. The molecule has 22 heavy (non-hydrogen) atoms. The topological polar surface area (TPSA) is 26.3 Å². The number of allylic oxidation sites excluding steroid dienone is 3. The molecule has 2 heteroatoms. The smallest absolute Gasteiger partial charge is 0.312 e. The minimum Gasteiger partial charge on any atom is -0.462 e. The number of esters is 1. The summed E-state index contributed by atoms with van der Waals surface area (Å²) < 4.78 is 5.92. The highest BCUT2D eigenvalue weighted by molar-refractivity contribution is 5.77. The zero-order valence-electron chi connectivity index (χ0n) is 15.5. The van der Waals surface area contributed by atoms with Gasteiger partial charge in [0, 0.05) is 5.92 Å². The third-order valence-electron chi connectivity index (χ3n) is 5.09. The van der Waals surface area contributed by atoms with Gasteiger partial charge in [-0.05, 0) is 44.4 Å². The Hall–Kier alpha value is -1.05. The fourth-order valence-corrected chi connectivity index (χ4v) is 3.06. The van der Waals surface area contributed by atoms with E-state index in [1.165, 1.54) is 0 Å². The summed E-state index contributed by atoms with van der Waals surface area (Å²) in [7, 11) is 0. The van der Waals surface area contributed by atoms with Crippen molar-refractivity contribution in [2.75, 3.05) is 0 Å². The second-order valence-corrected chi connectivity index (χ2v) is 8.34. The molecule has 126 valence electrons. The fraction of sp³-hybridized carbons (Fsp3) is 0.750. The predicted octanol–water partition coefficient (Wildman–Crippen LogP) is 5.54. The van der Waals surface area contributed by atoms with Crippen LogP contribution in [-0.4, -0.2) is 12.1 Å². The van der Waals surface area contributed by atoms with Crippen molar-refractivity contribution < 1.29 is 9.53 Å². The summed E-state index contributed by atoms with van der Waals surface area (Å²) >= 11 is 0. The maximum absolute atomic E-state index is 12.9. The molecule has 1 aliphatic carbocycles. The molecule has 2 nitrogen and oxygen atoms in total. The largest absolute Gasteiger partial charge is 0.462 e. The third-order valence-corrected chi connectivity index (χ3v) is 5.09. The van der Waals surface area contributed by atoms with Gasteiger partial charge in [0.05, 0.1) is 5.41 Å². The van der Waals surface area contributed by atoms with Crippen LogP contribution in [0.5, 0.6) is 0 Å². The van der Waals surface area contributed by atoms with E-state index in [0.717, 1.165) is 19.3 Å². The van der Waals surface area contributed by atoms with Crippen molar-refractivity contribution in [2.24, 2.45) is 22.7 Å². The lowest BCUT2D eigenvalue weighted by Gasteiger charge is -2.41. The van der Waals surface area contributed by atoms with E-state index < -0.39 is 5.41 Å². The first-order valence-corrected chi connectivity index (χ1v) is 8.62. The molecule has 0 aromatic rings. The molecule has 0 saturated heterocycles. The van der Waals surface area contributed by atoms with Gasteiger partial charge in [-0.15, -0.1) is 0 Å². The maximum Gasteiger partial charge on any atom is 0.312 e. The quantitative estimate of drug-likeness (QED) is 0.623. The molecule has 0 heterocycles. The second kappa shape index (κ2) is 7.48. The first-order valence-electron chi connectivity index (χ1n) is 8.62. The van der Waals surface area contributed by atoms with Crippen molar-refractivity contribution >= 4 is 5.97 Å². The van der Waals surface area contributed by atoms with Crippen LogP contribution < -0.4 is 0 Å². The van der Waals surface area contributed by atoms with Crippen molar-refractivity contribution in [3.05, 3.63) is 24.3 Å². The second-order valence-electron chi connectivity index (χ2n) is 8.34. The molecule has 0 aromatic heterocycles. The van der Waals surface area contributed by atoms with Gasteiger partial charge < -0.3 is 4.74 Å². The van der Waals surface area contributed by atoms with Gasteiger partial charge in [-0.1, -0.05) is 58.9 Å². The molecule has 0 bridgehead atoms. The Morgan fingerprint density at radius 1 is 1.18 bits per heavy atom. The van der Waals surface area contributed by atoms with Crippen molar-refractivity contribution in [3.63, 3.8) is 0 Å². The first-order chi connectivity index (χ1) is 10.1. The van der Waals surface area contributed by atoms with Crippen LogP contribution in [0.4, 0.5) is 0 Å². The molecule has 3 atom stereocenters. The molecule has 0 aromatic carbocycles. The van der Waals surface area contributed by atoms with Crippen LogP contribution in [-0.2, 0) is 9.53 Å². The summed E-state index contributed by atoms with van der Waals surface area (Å²) in [6.45, 7) is 14.8. The molecule has 0 amide bonds. The zero-order valence-corrected chi connectivity index (χ0v) is 15.5. The summed E-state index contributed by atoms with van der Waals surface area (Å²) in [5.41, 5.74) is -0.572. The number of hydrogen-bond acceptors (Lipinski definition) is 2. The molecule has 1 rings (SSSR count). The first kappa shape index (κ1) is 19.0. The van der Waals surface area contributed by atoms with Gasteiger partial charge in [0.25, 0.3) is 0 Å². The summed E-state index contributed by atoms with van der Waals surface area (Å²) in [5.74, 6) is 0.725. The molecule has 0 radical (unpaired) electrons. The van der Waals surface area contributed by atoms with Crippen LogP contribution in [0, 0.1) is 22.7 Å². The number of carbonyl (C=O) groups excluding carboxylic acids is 1. The van der Waals surface area contributed by atoms with Gasteiger partial charge in [0.2, 0.25) is 0 Å². The number of rotatable bonds is 5. The van der Waals surface area contributed by atoms with Gasteiger partial charge in [-0.25, -0.2) is 0 Å². The van der Waals surface area contributed by atoms with Crippen molar-refractivity contribution in [1.29, 1.82) is 0 Å². The normalized spacial score (nSPS) is 23.0. The van der Waals surface area contributed by atoms with Gasteiger partial charge in [-0.3, -0.25) is 4.79 Å². The van der Waals surface area contributed by atoms with E-state index >= 15 is 0 Å². The van der Waals surface area contributed by atoms with Gasteiger partial charge in [-0.2, -0.15) is 0 Å². The minimum absolute atomic E-state index is 0.0493. The Morgan fingerprint density at radius 3 is 2.36 bits per heavy atom. The van der Waals surface area contributed by atoms with Crippen LogP contribution in [0.25, 0.3) is 0 Å². The van der Waals surface area contributed by atoms with Gasteiger partial charge in [0.1, 0.15) is 6.10 Å². The van der Waals surface area contributed by atoms with Crippen molar-refractivity contribution in [2.45, 2.75) is 73.8 Å². The highest BCUT2D eigenvalue weighted by Crippen LogP contribution is 2.44. The summed E-state index contributed by atoms with van der Waals surface area (Å²) in [6, 6.07) is 0. The summed E-state index contributed by atoms with van der Waals surface area (Å²) in [5, 5.41) is 0. The Morgan fingerprint density at radius 2 is 1.82 bits per heavy atom. The number of hydrogen-bond donors (Lipinski definition) is 0. The highest BCUT2D eigenvalue weighted by atomic mass is 16.5. The van der Waals surface area contributed by atoms with Crippen LogP contribution in [0.3, 0.4) is 0 Å². The van der Waals surface area contributed by atoms with E-state index in [-0.39, 0.29) is 17.5 Å². The molecular weight excluding hydrogens is 272 g/mol. The number of carbonyl (C=O) groups is 1. The van der Waals surface area contributed by atoms with Crippen LogP contribution in [0.2, 0.25) is 0 Å². The molecular formula is C20H34O2. The molecule has 0 spiro atoms. The maximum atomic E-state index is 12.9. The molecule has 1 aliphatic rings. The van der Waals surface area contributed by atoms with E-state index in [2.05, 4.69) is 65.8 Å². The van der Waals surface area contributed by atoms with Gasteiger partial charge >= 0.3 is 5.97 Å². The standard InChI is InChI=1S/C20H34O2/c1-15(2)14-20(7,19(4,5)6)18(21)22-16(3)17-12-10-8-9-11-13-17/h8-10,12,15-17H,11,13-14H2,1-7H3. The van der Waals surface area contributed by atoms with Crippen LogP contribution in [0.15, 0.2) is 24.3 Å². The van der Waals surface area contributed by atoms with Crippen LogP contribution >= 0.6 is 0 Å². The third kappa shape index (κ3) is 4.72. The zero-order chi connectivity index (χ0) is 17.0. The van der Waals surface area contributed by atoms with Gasteiger partial charge in [0.15, 0.2) is 0 Å². The monoisotopic (exact) mass is 306 g/mol. The van der Waals surface area contributed by atoms with E-state index in [9.17, 15) is 4.79 Å². The summed E-state index contributed by atoms with van der Waals surface area (Å²) in [4.78, 5) is 12.9. The molecule has 0 fully saturated rings. The molecule has 3 unspecified atom stereocenters. The average molecular weight is 306 g/mol. The van der Waals surface area contributed by atoms with Crippen molar-refractivity contribution in [3.8, 4) is 0 Å². The van der Waals surface area contributed by atoms with E-state index in [1.807, 2.05) is 6.92 Å². The van der Waals surface area contributed by atoms with E-state index in [4.69, 9.17) is 4.74 Å². The minimum atomic E-state index is -0.456. The van der Waals surface area contributed by atoms with Crippen molar-refractivity contribution in [1.82, 2.24) is 0 Å². The predicted molar refractivity (Wildman–Crippen MR) is 93.6 cm³/mol. The Kier molecular flexibility index (Phi) is 6.46. The highest BCUT2D eigenvalue weighted by Gasteiger charge is 2.46. The Bertz CT molecular complexity index is 425. The lowest BCUT2D eigenvalue weighted by molar-refractivity contribution is -0.170. The molecule has 0 aliphatic heterocycles. The number of ether oxygens (including phenoxy) is 1. The van der Waals surface area contributed by atoms with Crippen LogP contribution in [0.1, 0.15) is 67.7 Å². The Balaban J connectivity index is 2.82. The van der Waals surface area contributed by atoms with E-state index in [1.54, 1.807) is 0 Å².